The molecule has 1 spiro atoms. The van der Waals surface area contributed by atoms with E-state index in [2.05, 4.69) is 4.90 Å². The summed E-state index contributed by atoms with van der Waals surface area (Å²) in [5, 5.41) is 0. The maximum absolute atomic E-state index is 11.9. The fraction of sp³-hybridized carbons (Fsp3) is 0.750. The van der Waals surface area contributed by atoms with Crippen LogP contribution in [0.15, 0.2) is 12.2 Å². The quantitative estimate of drug-likeness (QED) is 0.725. The fourth-order valence-electron chi connectivity index (χ4n) is 2.75. The molecular formula is C12H20FN3O. The number of allylic oxidation sites excluding steroid dienone is 1. The van der Waals surface area contributed by atoms with Crippen LogP contribution in [0.2, 0.25) is 0 Å². The predicted octanol–water partition coefficient (Wildman–Crippen LogP) is 0.351. The molecule has 2 rings (SSSR count). The third kappa shape index (κ3) is 2.50. The zero-order valence-electron chi connectivity index (χ0n) is 10.2. The molecule has 0 aromatic heterocycles. The maximum atomic E-state index is 11.9. The van der Waals surface area contributed by atoms with Gasteiger partial charge in [-0.15, -0.1) is 0 Å². The summed E-state index contributed by atoms with van der Waals surface area (Å²) in [6.07, 6.45) is 3.78. The third-order valence-electron chi connectivity index (χ3n) is 3.76. The number of hydrogen-bond acceptors (Lipinski definition) is 3. The summed E-state index contributed by atoms with van der Waals surface area (Å²) < 4.78 is 11.9. The van der Waals surface area contributed by atoms with Crippen LogP contribution in [-0.4, -0.2) is 54.7 Å². The smallest absolute Gasteiger partial charge is 0.246 e. The first-order valence-corrected chi connectivity index (χ1v) is 6.07. The molecule has 17 heavy (non-hydrogen) atoms. The summed E-state index contributed by atoms with van der Waals surface area (Å²) in [5.41, 5.74) is 6.09. The van der Waals surface area contributed by atoms with Crippen LogP contribution in [0.4, 0.5) is 4.39 Å². The van der Waals surface area contributed by atoms with Gasteiger partial charge in [0.15, 0.2) is 0 Å². The van der Waals surface area contributed by atoms with Crippen molar-refractivity contribution in [2.45, 2.75) is 19.5 Å². The maximum Gasteiger partial charge on any atom is 0.246 e. The van der Waals surface area contributed by atoms with Crippen molar-refractivity contribution in [3.8, 4) is 0 Å². The Balaban J connectivity index is 1.83. The number of rotatable bonds is 3. The van der Waals surface area contributed by atoms with Gasteiger partial charge in [0.2, 0.25) is 5.91 Å². The van der Waals surface area contributed by atoms with Crippen LogP contribution in [0.3, 0.4) is 0 Å². The van der Waals surface area contributed by atoms with E-state index in [-0.39, 0.29) is 17.5 Å². The van der Waals surface area contributed by atoms with Crippen LogP contribution >= 0.6 is 0 Å². The molecular weight excluding hydrogens is 221 g/mol. The summed E-state index contributed by atoms with van der Waals surface area (Å²) in [7, 11) is 0. The van der Waals surface area contributed by atoms with Gasteiger partial charge in [0.1, 0.15) is 6.67 Å². The normalized spacial score (nSPS) is 25.5. The molecule has 5 heteroatoms. The van der Waals surface area contributed by atoms with Gasteiger partial charge in [-0.3, -0.25) is 9.69 Å². The molecule has 1 atom stereocenters. The minimum atomic E-state index is -0.580. The van der Waals surface area contributed by atoms with Crippen molar-refractivity contribution >= 4 is 5.91 Å². The average Bonchev–Trinajstić information content (AvgIpc) is 2.68. The van der Waals surface area contributed by atoms with Crippen molar-refractivity contribution < 1.29 is 9.18 Å². The number of alkyl halides is 1. The van der Waals surface area contributed by atoms with Crippen molar-refractivity contribution in [3.05, 3.63) is 12.2 Å². The van der Waals surface area contributed by atoms with Gasteiger partial charge in [0.25, 0.3) is 0 Å². The number of amides is 1. The van der Waals surface area contributed by atoms with Gasteiger partial charge in [-0.1, -0.05) is 0 Å². The Bertz CT molecular complexity index is 324. The number of carbonyl (C=O) groups is 1. The lowest BCUT2D eigenvalue weighted by Gasteiger charge is -2.48. The van der Waals surface area contributed by atoms with Crippen molar-refractivity contribution in [3.63, 3.8) is 0 Å². The second kappa shape index (κ2) is 4.74. The van der Waals surface area contributed by atoms with Gasteiger partial charge in [0, 0.05) is 37.7 Å². The molecule has 0 aromatic rings. The summed E-state index contributed by atoms with van der Waals surface area (Å²) >= 11 is 0. The van der Waals surface area contributed by atoms with Crippen LogP contribution in [0.1, 0.15) is 13.3 Å². The zero-order valence-corrected chi connectivity index (χ0v) is 10.2. The molecule has 2 aliphatic rings. The first kappa shape index (κ1) is 12.5. The standard InChI is InChI=1S/C12H20FN3O/c1-10(14)15-6-4-12(7-15)8-16(9-12)11(17)3-2-5-13/h2-3,10H,4-9,14H2,1H3/b3-2+/t10-/m0/s1. The van der Waals surface area contributed by atoms with E-state index >= 15 is 0 Å². The molecule has 1 amide bonds. The average molecular weight is 241 g/mol. The zero-order chi connectivity index (χ0) is 12.5. The van der Waals surface area contributed by atoms with Crippen LogP contribution < -0.4 is 5.73 Å². The van der Waals surface area contributed by atoms with E-state index < -0.39 is 6.67 Å². The van der Waals surface area contributed by atoms with Crippen LogP contribution in [-0.2, 0) is 4.79 Å². The first-order valence-electron chi connectivity index (χ1n) is 6.07. The van der Waals surface area contributed by atoms with E-state index in [9.17, 15) is 9.18 Å². The highest BCUT2D eigenvalue weighted by molar-refractivity contribution is 5.88. The lowest BCUT2D eigenvalue weighted by molar-refractivity contribution is -0.137. The molecule has 0 saturated carbocycles. The topological polar surface area (TPSA) is 49.6 Å². The molecule has 2 heterocycles. The molecule has 0 bridgehead atoms. The van der Waals surface area contributed by atoms with Gasteiger partial charge in [-0.25, -0.2) is 4.39 Å². The lowest BCUT2D eigenvalue weighted by atomic mass is 9.79. The van der Waals surface area contributed by atoms with Crippen LogP contribution in [0, 0.1) is 5.41 Å². The Hall–Kier alpha value is -0.940. The highest BCUT2D eigenvalue weighted by atomic mass is 19.1. The highest BCUT2D eigenvalue weighted by Crippen LogP contribution is 2.39. The Morgan fingerprint density at radius 1 is 1.53 bits per heavy atom. The number of halogens is 1. The third-order valence-corrected chi connectivity index (χ3v) is 3.76. The fourth-order valence-corrected chi connectivity index (χ4v) is 2.75. The molecule has 2 aliphatic heterocycles. The number of nitrogens with two attached hydrogens (primary N) is 1. The molecule has 2 saturated heterocycles. The highest BCUT2D eigenvalue weighted by Gasteiger charge is 2.49. The van der Waals surface area contributed by atoms with Crippen molar-refractivity contribution in [1.82, 2.24) is 9.80 Å². The molecule has 0 radical (unpaired) electrons. The van der Waals surface area contributed by atoms with Gasteiger partial charge in [-0.05, 0) is 19.4 Å². The lowest BCUT2D eigenvalue weighted by Crippen LogP contribution is -2.59. The summed E-state index contributed by atoms with van der Waals surface area (Å²) in [4.78, 5) is 15.6. The van der Waals surface area contributed by atoms with E-state index in [1.807, 2.05) is 6.92 Å². The summed E-state index contributed by atoms with van der Waals surface area (Å²) in [6.45, 7) is 4.96. The number of likely N-dealkylation sites (tertiary alicyclic amines) is 2. The molecule has 2 N–H and O–H groups in total. The van der Waals surface area contributed by atoms with E-state index in [0.717, 1.165) is 32.6 Å². The van der Waals surface area contributed by atoms with Crippen molar-refractivity contribution in [2.24, 2.45) is 11.1 Å². The number of nitrogens with zero attached hydrogens (tertiary/aromatic N) is 2. The largest absolute Gasteiger partial charge is 0.338 e. The second-order valence-corrected chi connectivity index (χ2v) is 5.21. The van der Waals surface area contributed by atoms with Crippen molar-refractivity contribution in [2.75, 3.05) is 32.9 Å². The van der Waals surface area contributed by atoms with Crippen LogP contribution in [0.5, 0.6) is 0 Å². The minimum absolute atomic E-state index is 0.0764. The number of carbonyl (C=O) groups excluding carboxylic acids is 1. The molecule has 0 aromatic carbocycles. The molecule has 4 nitrogen and oxygen atoms in total. The van der Waals surface area contributed by atoms with Gasteiger partial charge >= 0.3 is 0 Å². The summed E-state index contributed by atoms with van der Waals surface area (Å²) in [5.74, 6) is -0.0764. The monoisotopic (exact) mass is 241 g/mol. The second-order valence-electron chi connectivity index (χ2n) is 5.21. The molecule has 0 aliphatic carbocycles. The van der Waals surface area contributed by atoms with Crippen LogP contribution in [0.25, 0.3) is 0 Å². The van der Waals surface area contributed by atoms with Gasteiger partial charge < -0.3 is 10.6 Å². The van der Waals surface area contributed by atoms with E-state index in [1.54, 1.807) is 4.90 Å². The van der Waals surface area contributed by atoms with Gasteiger partial charge in [0.05, 0.1) is 6.17 Å². The predicted molar refractivity (Wildman–Crippen MR) is 64.0 cm³/mol. The molecule has 2 fully saturated rings. The van der Waals surface area contributed by atoms with E-state index in [4.69, 9.17) is 5.73 Å². The van der Waals surface area contributed by atoms with Gasteiger partial charge in [-0.2, -0.15) is 0 Å². The Morgan fingerprint density at radius 2 is 2.24 bits per heavy atom. The summed E-state index contributed by atoms with van der Waals surface area (Å²) in [6, 6.07) is 0. The Kier molecular flexibility index (Phi) is 3.49. The molecule has 96 valence electrons. The van der Waals surface area contributed by atoms with E-state index in [0.29, 0.717) is 0 Å². The SMILES string of the molecule is C[C@@H](N)N1CCC2(CN(C(=O)/C=C/CF)C2)C1. The van der Waals surface area contributed by atoms with Crippen molar-refractivity contribution in [1.29, 1.82) is 0 Å². The van der Waals surface area contributed by atoms with E-state index in [1.165, 1.54) is 12.2 Å². The minimum Gasteiger partial charge on any atom is -0.338 e. The Labute approximate surface area is 101 Å². The first-order chi connectivity index (χ1) is 8.06. The molecule has 0 unspecified atom stereocenters. The Morgan fingerprint density at radius 3 is 2.76 bits per heavy atom. The number of hydrogen-bond donors (Lipinski definition) is 1.